The number of Topliss-reactive ketones (excluding diaryl/α,β-unsaturated/α-hetero) is 3. The van der Waals surface area contributed by atoms with Crippen molar-refractivity contribution in [3.63, 3.8) is 0 Å². The Balaban J connectivity index is 1.69. The summed E-state index contributed by atoms with van der Waals surface area (Å²) in [5.41, 5.74) is -5.40. The van der Waals surface area contributed by atoms with E-state index in [4.69, 9.17) is 5.73 Å². The van der Waals surface area contributed by atoms with Crippen molar-refractivity contribution >= 4 is 40.5 Å². The number of aliphatic hydroxyl groups excluding tert-OH is 1. The van der Waals surface area contributed by atoms with Crippen LogP contribution in [0.15, 0.2) is 22.7 Å². The van der Waals surface area contributed by atoms with E-state index < -0.39 is 92.3 Å². The van der Waals surface area contributed by atoms with Crippen molar-refractivity contribution in [2.45, 2.75) is 50.4 Å². The van der Waals surface area contributed by atoms with Gasteiger partial charge in [-0.25, -0.2) is 5.01 Å². The van der Waals surface area contributed by atoms with E-state index in [9.17, 15) is 49.3 Å². The number of primary amides is 1. The maximum Gasteiger partial charge on any atom is 0.256 e. The molecule has 42 heavy (non-hydrogen) atoms. The van der Waals surface area contributed by atoms with Gasteiger partial charge in [-0.2, -0.15) is 0 Å². The Bertz CT molecular complexity index is 1560. The topological polar surface area (TPSA) is 240 Å². The minimum Gasteiger partial charge on any atom is -0.508 e. The van der Waals surface area contributed by atoms with Crippen LogP contribution in [0, 0.1) is 22.2 Å². The summed E-state index contributed by atoms with van der Waals surface area (Å²) < 4.78 is 0. The number of anilines is 2. The van der Waals surface area contributed by atoms with Crippen molar-refractivity contribution in [3.05, 3.63) is 33.4 Å². The van der Waals surface area contributed by atoms with Crippen LogP contribution in [0.4, 0.5) is 11.4 Å². The lowest BCUT2D eigenvalue weighted by molar-refractivity contribution is -0.158. The number of nitrogens with one attached hydrogen (secondary N) is 1. The summed E-state index contributed by atoms with van der Waals surface area (Å²) in [5, 5.41) is 52.0. The number of aromatic hydroxyl groups is 1. The van der Waals surface area contributed by atoms with Gasteiger partial charge in [-0.05, 0) is 51.2 Å². The zero-order valence-electron chi connectivity index (χ0n) is 23.5. The van der Waals surface area contributed by atoms with Gasteiger partial charge in [0.2, 0.25) is 11.7 Å². The number of carbonyl (C=O) groups excluding carboxylic acids is 5. The maximum atomic E-state index is 14.5. The van der Waals surface area contributed by atoms with Crippen LogP contribution < -0.4 is 16.0 Å². The smallest absolute Gasteiger partial charge is 0.256 e. The highest BCUT2D eigenvalue weighted by atomic mass is 16.4. The van der Waals surface area contributed by atoms with Gasteiger partial charge in [-0.15, -0.1) is 4.91 Å². The number of benzene rings is 1. The van der Waals surface area contributed by atoms with E-state index in [0.717, 1.165) is 5.01 Å². The number of hydrogen-bond acceptors (Lipinski definition) is 12. The molecule has 4 unspecified atom stereocenters. The molecule has 0 aromatic heterocycles. The largest absolute Gasteiger partial charge is 0.508 e. The number of amides is 2. The summed E-state index contributed by atoms with van der Waals surface area (Å²) >= 11 is 0. The van der Waals surface area contributed by atoms with E-state index >= 15 is 0 Å². The number of nitroso groups, excluding NO2 is 1. The predicted octanol–water partition coefficient (Wildman–Crippen LogP) is -0.535. The lowest BCUT2D eigenvalue weighted by Gasteiger charge is -2.43. The van der Waals surface area contributed by atoms with Crippen LogP contribution >= 0.6 is 0 Å². The van der Waals surface area contributed by atoms with Gasteiger partial charge < -0.3 is 36.4 Å². The second-order valence-electron chi connectivity index (χ2n) is 12.5. The summed E-state index contributed by atoms with van der Waals surface area (Å²) in [4.78, 5) is 79.5. The number of ketones is 3. The first-order chi connectivity index (χ1) is 19.3. The molecule has 1 aromatic rings. The van der Waals surface area contributed by atoms with Crippen LogP contribution in [-0.2, 0) is 25.6 Å². The highest BCUT2D eigenvalue weighted by Crippen LogP contribution is 2.73. The Morgan fingerprint density at radius 2 is 1.76 bits per heavy atom. The standard InChI is InChI=1S/C27H31N5O10/c1-24(2,3)32(30-42)9-15(33)29-12-8-13(31(4)5)11-6-10-7-14-26(40)20(36)17(22(28)38)21(37)27(14,41)25(10,23(26)39)19(35)16(11)18(12)34/h8,10,14,34,37,40-41H,6-7,9H2,1-5H3,(H2,28,38)(H,29,33)/t10?,14?,25?,26?,27-/m0/s1. The van der Waals surface area contributed by atoms with E-state index in [2.05, 4.69) is 10.6 Å². The lowest BCUT2D eigenvalue weighted by atomic mass is 9.58. The number of nitrogens with two attached hydrogens (primary N) is 1. The van der Waals surface area contributed by atoms with Gasteiger partial charge in [0.05, 0.1) is 22.1 Å². The highest BCUT2D eigenvalue weighted by Gasteiger charge is 2.90. The van der Waals surface area contributed by atoms with Gasteiger partial charge >= 0.3 is 0 Å². The van der Waals surface area contributed by atoms with Crippen molar-refractivity contribution in [2.24, 2.45) is 28.3 Å². The minimum atomic E-state index is -3.01. The van der Waals surface area contributed by atoms with E-state index in [-0.39, 0.29) is 24.1 Å². The molecule has 15 nitrogen and oxygen atoms in total. The lowest BCUT2D eigenvalue weighted by Crippen LogP contribution is -2.60. The Morgan fingerprint density at radius 3 is 2.29 bits per heavy atom. The Hall–Kier alpha value is -4.37. The summed E-state index contributed by atoms with van der Waals surface area (Å²) in [6, 6.07) is 1.40. The first-order valence-electron chi connectivity index (χ1n) is 13.1. The monoisotopic (exact) mass is 585 g/mol. The average molecular weight is 586 g/mol. The van der Waals surface area contributed by atoms with Crippen LogP contribution in [0.5, 0.6) is 5.75 Å². The number of carbonyl (C=O) groups is 5. The summed E-state index contributed by atoms with van der Waals surface area (Å²) in [7, 11) is 3.26. The van der Waals surface area contributed by atoms with Crippen molar-refractivity contribution in [1.82, 2.24) is 5.01 Å². The van der Waals surface area contributed by atoms with Crippen molar-refractivity contribution in [1.29, 1.82) is 0 Å². The third-order valence-electron chi connectivity index (χ3n) is 9.21. The molecule has 0 heterocycles. The third-order valence-corrected chi connectivity index (χ3v) is 9.21. The van der Waals surface area contributed by atoms with Gasteiger partial charge in [-0.3, -0.25) is 24.0 Å². The predicted molar refractivity (Wildman–Crippen MR) is 144 cm³/mol. The highest BCUT2D eigenvalue weighted by molar-refractivity contribution is 6.37. The fourth-order valence-corrected chi connectivity index (χ4v) is 7.34. The molecule has 5 atom stereocenters. The Morgan fingerprint density at radius 1 is 1.14 bits per heavy atom. The van der Waals surface area contributed by atoms with Crippen molar-refractivity contribution in [2.75, 3.05) is 30.9 Å². The van der Waals surface area contributed by atoms with Crippen LogP contribution in [0.25, 0.3) is 0 Å². The molecule has 1 spiro atoms. The molecule has 0 aliphatic heterocycles. The molecule has 15 heteroatoms. The number of phenols is 1. The third kappa shape index (κ3) is 3.14. The maximum absolute atomic E-state index is 14.5. The quantitative estimate of drug-likeness (QED) is 0.0811. The second kappa shape index (κ2) is 8.58. The van der Waals surface area contributed by atoms with E-state index in [0.29, 0.717) is 5.69 Å². The second-order valence-corrected chi connectivity index (χ2v) is 12.5. The van der Waals surface area contributed by atoms with E-state index in [1.807, 2.05) is 0 Å². The van der Waals surface area contributed by atoms with Crippen LogP contribution in [0.2, 0.25) is 0 Å². The molecule has 1 aromatic carbocycles. The molecule has 0 radical (unpaired) electrons. The molecule has 5 rings (SSSR count). The SMILES string of the molecule is CN(C)c1cc(NC(=O)CN(N=O)C(C)(C)C)c(O)c2c1CC1CC3C4(O)C(=O)C(C(N)=O)=C(O)[C@]3(O)C1(C2=O)C4=O. The molecule has 4 aliphatic carbocycles. The van der Waals surface area contributed by atoms with Gasteiger partial charge in [0.1, 0.15) is 34.6 Å². The normalized spacial score (nSPS) is 31.1. The first-order valence-corrected chi connectivity index (χ1v) is 13.1. The molecule has 2 amide bonds. The molecule has 2 saturated carbocycles. The Labute approximate surface area is 238 Å². The molecule has 224 valence electrons. The fourth-order valence-electron chi connectivity index (χ4n) is 7.34. The number of rotatable bonds is 6. The van der Waals surface area contributed by atoms with Gasteiger partial charge in [-0.1, -0.05) is 0 Å². The van der Waals surface area contributed by atoms with E-state index in [1.54, 1.807) is 39.8 Å². The number of fused-ring (bicyclic) bond motifs is 1. The van der Waals surface area contributed by atoms with Crippen LogP contribution in [-0.4, -0.2) is 92.0 Å². The average Bonchev–Trinajstić information content (AvgIpc) is 3.22. The minimum absolute atomic E-state index is 0.114. The molecule has 4 bridgehead atoms. The summed E-state index contributed by atoms with van der Waals surface area (Å²) in [6.07, 6.45) is -0.365. The van der Waals surface area contributed by atoms with Crippen LogP contribution in [0.3, 0.4) is 0 Å². The zero-order chi connectivity index (χ0) is 31.5. The number of aliphatic hydroxyl groups is 3. The van der Waals surface area contributed by atoms with Crippen molar-refractivity contribution in [3.8, 4) is 5.75 Å². The summed E-state index contributed by atoms with van der Waals surface area (Å²) in [6.45, 7) is 4.44. The van der Waals surface area contributed by atoms with Crippen LogP contribution in [0.1, 0.15) is 43.1 Å². The van der Waals surface area contributed by atoms with Crippen molar-refractivity contribution < 1.29 is 44.4 Å². The molecule has 0 saturated heterocycles. The molecular weight excluding hydrogens is 554 g/mol. The fraction of sp³-hybridized carbons (Fsp3) is 0.519. The van der Waals surface area contributed by atoms with E-state index in [1.165, 1.54) is 6.07 Å². The van der Waals surface area contributed by atoms with Gasteiger partial charge in [0, 0.05) is 25.7 Å². The van der Waals surface area contributed by atoms with Gasteiger partial charge in [0.15, 0.2) is 17.2 Å². The molecule has 2 fully saturated rings. The zero-order valence-corrected chi connectivity index (χ0v) is 23.5. The molecule has 7 N–H and O–H groups in total. The number of nitrogens with zero attached hydrogens (tertiary/aromatic N) is 3. The first kappa shape index (κ1) is 29.1. The summed E-state index contributed by atoms with van der Waals surface area (Å²) in [5.74, 6) is -11.2. The molecule has 4 aliphatic rings. The number of hydrogen-bond donors (Lipinski definition) is 6. The van der Waals surface area contributed by atoms with Gasteiger partial charge in [0.25, 0.3) is 5.91 Å². The Kier molecular flexibility index (Phi) is 5.95. The number of phenolic OH excluding ortho intramolecular Hbond substituents is 1. The molecular formula is C27H31N5O10.